The molecule has 0 bridgehead atoms. The Morgan fingerprint density at radius 1 is 1.15 bits per heavy atom. The summed E-state index contributed by atoms with van der Waals surface area (Å²) in [7, 11) is 4.55. The van der Waals surface area contributed by atoms with Gasteiger partial charge in [0, 0.05) is 25.9 Å². The van der Waals surface area contributed by atoms with Gasteiger partial charge in [0.1, 0.15) is 5.69 Å². The molecule has 0 saturated carbocycles. The Hall–Kier alpha value is -3.33. The fourth-order valence-electron chi connectivity index (χ4n) is 3.05. The van der Waals surface area contributed by atoms with Crippen LogP contribution in [-0.2, 0) is 36.2 Å². The number of methoxy groups -OCH3 is 1. The molecule has 0 N–H and O–H groups in total. The lowest BCUT2D eigenvalue weighted by Gasteiger charge is -2.20. The minimum absolute atomic E-state index is 0.0125. The summed E-state index contributed by atoms with van der Waals surface area (Å²) in [6.45, 7) is 7.10. The number of aliphatic imine (C=N–C) groups is 1. The normalized spacial score (nSPS) is 12.4. The molecule has 0 amide bonds. The highest BCUT2D eigenvalue weighted by Crippen LogP contribution is 2.33. The van der Waals surface area contributed by atoms with Gasteiger partial charge in [0.15, 0.2) is 12.4 Å². The maximum atomic E-state index is 11.8. The van der Waals surface area contributed by atoms with E-state index in [0.29, 0.717) is 27.7 Å². The average molecular weight is 492 g/mol. The second-order valence-electron chi connectivity index (χ2n) is 8.35. The lowest BCUT2D eigenvalue weighted by atomic mass is 9.86. The van der Waals surface area contributed by atoms with Gasteiger partial charge >= 0.3 is 12.1 Å². The highest BCUT2D eigenvalue weighted by atomic mass is 35.5. The van der Waals surface area contributed by atoms with E-state index in [1.54, 1.807) is 31.9 Å². The summed E-state index contributed by atoms with van der Waals surface area (Å²) >= 11 is 6.54. The third kappa shape index (κ3) is 6.84. The molecular formula is C24H30ClN3O6. The zero-order valence-electron chi connectivity index (χ0n) is 20.5. The molecule has 10 heteroatoms. The molecule has 1 heterocycles. The molecular weight excluding hydrogens is 462 g/mol. The van der Waals surface area contributed by atoms with Crippen LogP contribution in [-0.4, -0.2) is 55.7 Å². The lowest BCUT2D eigenvalue weighted by molar-refractivity contribution is -0.145. The third-order valence-corrected chi connectivity index (χ3v) is 5.30. The summed E-state index contributed by atoms with van der Waals surface area (Å²) in [4.78, 5) is 27.1. The van der Waals surface area contributed by atoms with Crippen LogP contribution in [0.3, 0.4) is 0 Å². The molecule has 34 heavy (non-hydrogen) atoms. The number of carbonyl (C=O) groups is 2. The first-order chi connectivity index (χ1) is 16.0. The van der Waals surface area contributed by atoms with Crippen LogP contribution in [0.2, 0.25) is 5.02 Å². The maximum absolute atomic E-state index is 11.8. The molecule has 0 spiro atoms. The van der Waals surface area contributed by atoms with Gasteiger partial charge in [-0.2, -0.15) is 5.10 Å². The Morgan fingerprint density at radius 3 is 2.29 bits per heavy atom. The van der Waals surface area contributed by atoms with Crippen molar-refractivity contribution in [3.63, 3.8) is 0 Å². The van der Waals surface area contributed by atoms with Crippen LogP contribution in [0.1, 0.15) is 43.3 Å². The highest BCUT2D eigenvalue weighted by molar-refractivity contribution is 6.33. The van der Waals surface area contributed by atoms with E-state index in [1.165, 1.54) is 7.11 Å². The Labute approximate surface area is 204 Å². The topological polar surface area (TPSA) is 101 Å². The number of rotatable bonds is 8. The number of nitrogens with zero attached hydrogens (tertiary/aromatic N) is 3. The van der Waals surface area contributed by atoms with Gasteiger partial charge in [-0.1, -0.05) is 56.6 Å². The number of esters is 1. The average Bonchev–Trinajstić information content (AvgIpc) is 3.04. The van der Waals surface area contributed by atoms with E-state index in [4.69, 9.17) is 21.1 Å². The molecule has 2 rings (SSSR count). The van der Waals surface area contributed by atoms with E-state index >= 15 is 0 Å². The van der Waals surface area contributed by atoms with Crippen molar-refractivity contribution in [2.24, 2.45) is 12.0 Å². The first-order valence-corrected chi connectivity index (χ1v) is 10.8. The fraction of sp³-hybridized carbons (Fsp3) is 0.417. The van der Waals surface area contributed by atoms with Gasteiger partial charge < -0.3 is 18.9 Å². The number of aromatic nitrogens is 2. The van der Waals surface area contributed by atoms with Crippen LogP contribution in [0.15, 0.2) is 29.3 Å². The molecule has 0 radical (unpaired) electrons. The van der Waals surface area contributed by atoms with Crippen molar-refractivity contribution in [3.8, 4) is 0 Å². The van der Waals surface area contributed by atoms with Crippen LogP contribution < -0.4 is 0 Å². The van der Waals surface area contributed by atoms with Gasteiger partial charge in [0.25, 0.3) is 0 Å². The van der Waals surface area contributed by atoms with Crippen molar-refractivity contribution in [3.05, 3.63) is 51.8 Å². The molecule has 0 fully saturated rings. The maximum Gasteiger partial charge on any atom is 0.511 e. The molecule has 0 atom stereocenters. The smallest absolute Gasteiger partial charge is 0.466 e. The molecule has 9 nitrogen and oxygen atoms in total. The number of aryl methyl sites for hydroxylation is 2. The monoisotopic (exact) mass is 491 g/mol. The molecule has 184 valence electrons. The van der Waals surface area contributed by atoms with Gasteiger partial charge in [-0.05, 0) is 23.5 Å². The zero-order valence-corrected chi connectivity index (χ0v) is 21.2. The predicted octanol–water partition coefficient (Wildman–Crippen LogP) is 4.55. The molecule has 0 aliphatic carbocycles. The number of hydrogen-bond donors (Lipinski definition) is 0. The minimum Gasteiger partial charge on any atom is -0.466 e. The summed E-state index contributed by atoms with van der Waals surface area (Å²) in [6, 6.07) is 7.99. The number of halogens is 1. The van der Waals surface area contributed by atoms with Crippen molar-refractivity contribution in [2.45, 2.75) is 33.1 Å². The highest BCUT2D eigenvalue weighted by Gasteiger charge is 2.23. The van der Waals surface area contributed by atoms with Crippen LogP contribution in [0.4, 0.5) is 4.79 Å². The van der Waals surface area contributed by atoms with Crippen LogP contribution in [0.5, 0.6) is 0 Å². The molecule has 1 aromatic carbocycles. The number of carbonyl (C=O) groups excluding carboxylic acids is 2. The second-order valence-corrected chi connectivity index (χ2v) is 8.73. The summed E-state index contributed by atoms with van der Waals surface area (Å²) in [5, 5.41) is 4.75. The number of ether oxygens (including phenoxy) is 4. The second kappa shape index (κ2) is 11.7. The summed E-state index contributed by atoms with van der Waals surface area (Å²) in [6.07, 6.45) is 0.549. The standard InChI is InChI=1S/C24H30ClN3O6/c1-15-20(25)21(28(6)27-15)22(33-14-34-23(30)32-13-19(29)31-7)18(12-26-5)16-8-10-17(11-9-16)24(2,3)4/h8-12H,13-14H2,1-7H3/b22-18-,26-12?. The van der Waals surface area contributed by atoms with Crippen LogP contribution >= 0.6 is 11.6 Å². The molecule has 0 aliphatic rings. The number of hydrogen-bond acceptors (Lipinski definition) is 8. The van der Waals surface area contributed by atoms with Gasteiger partial charge in [-0.3, -0.25) is 9.67 Å². The van der Waals surface area contributed by atoms with E-state index in [9.17, 15) is 9.59 Å². The lowest BCUT2D eigenvalue weighted by Crippen LogP contribution is -2.17. The summed E-state index contributed by atoms with van der Waals surface area (Å²) < 4.78 is 21.5. The largest absolute Gasteiger partial charge is 0.511 e. The summed E-state index contributed by atoms with van der Waals surface area (Å²) in [5.74, 6) is -0.404. The number of benzene rings is 1. The van der Waals surface area contributed by atoms with Gasteiger partial charge in [0.05, 0.1) is 17.8 Å². The zero-order chi connectivity index (χ0) is 25.5. The molecule has 0 unspecified atom stereocenters. The van der Waals surface area contributed by atoms with Crippen molar-refractivity contribution in [1.29, 1.82) is 0 Å². The van der Waals surface area contributed by atoms with E-state index in [2.05, 4.69) is 40.3 Å². The SMILES string of the molecule is CN=C/C(=C(/OCOC(=O)OCC(=O)OC)c1c(Cl)c(C)nn1C)c1ccc(C(C)(C)C)cc1. The van der Waals surface area contributed by atoms with Gasteiger partial charge in [-0.15, -0.1) is 0 Å². The summed E-state index contributed by atoms with van der Waals surface area (Å²) in [5.41, 5.74) is 3.67. The minimum atomic E-state index is -1.09. The molecule has 1 aromatic heterocycles. The Bertz CT molecular complexity index is 1080. The predicted molar refractivity (Wildman–Crippen MR) is 130 cm³/mol. The van der Waals surface area contributed by atoms with E-state index in [0.717, 1.165) is 11.1 Å². The van der Waals surface area contributed by atoms with Crippen LogP contribution in [0.25, 0.3) is 11.3 Å². The van der Waals surface area contributed by atoms with Crippen molar-refractivity contribution >= 4 is 41.3 Å². The third-order valence-electron chi connectivity index (χ3n) is 4.84. The molecule has 0 aliphatic heterocycles. The van der Waals surface area contributed by atoms with Crippen LogP contribution in [0, 0.1) is 6.92 Å². The van der Waals surface area contributed by atoms with Crippen molar-refractivity contribution < 1.29 is 28.5 Å². The first-order valence-electron chi connectivity index (χ1n) is 10.5. The van der Waals surface area contributed by atoms with Crippen molar-refractivity contribution in [1.82, 2.24) is 9.78 Å². The quantitative estimate of drug-likeness (QED) is 0.231. The Morgan fingerprint density at radius 2 is 1.79 bits per heavy atom. The molecule has 2 aromatic rings. The van der Waals surface area contributed by atoms with E-state index in [1.807, 2.05) is 24.3 Å². The first kappa shape index (κ1) is 26.9. The van der Waals surface area contributed by atoms with Gasteiger partial charge in [-0.25, -0.2) is 9.59 Å². The van der Waals surface area contributed by atoms with Crippen molar-refractivity contribution in [2.75, 3.05) is 27.6 Å². The Balaban J connectivity index is 2.45. The van der Waals surface area contributed by atoms with Gasteiger partial charge in [0.2, 0.25) is 6.79 Å². The Kier molecular flexibility index (Phi) is 9.26. The fourth-order valence-corrected chi connectivity index (χ4v) is 3.30. The van der Waals surface area contributed by atoms with E-state index < -0.39 is 25.5 Å². The van der Waals surface area contributed by atoms with E-state index in [-0.39, 0.29) is 5.41 Å². The number of allylic oxidation sites excluding steroid dienone is 1. The molecule has 0 saturated heterocycles.